The lowest BCUT2D eigenvalue weighted by molar-refractivity contribution is 0.000889. The van der Waals surface area contributed by atoms with E-state index in [4.69, 9.17) is 25.2 Å². The third-order valence-corrected chi connectivity index (χ3v) is 4.84. The van der Waals surface area contributed by atoms with Crippen LogP contribution in [0.1, 0.15) is 47.1 Å². The van der Waals surface area contributed by atoms with Gasteiger partial charge in [0.25, 0.3) is 0 Å². The lowest BCUT2D eigenvalue weighted by atomic mass is 10.2. The van der Waals surface area contributed by atoms with Crippen molar-refractivity contribution in [1.29, 1.82) is 0 Å². The quantitative estimate of drug-likeness (QED) is 0.379. The van der Waals surface area contributed by atoms with Gasteiger partial charge in [-0.05, 0) is 59.2 Å². The van der Waals surface area contributed by atoms with Gasteiger partial charge < -0.3 is 0 Å². The maximum atomic E-state index is 13.0. The number of nitrogens with zero attached hydrogens (tertiary/aromatic N) is 2. The Bertz CT molecular complexity index is 635. The minimum atomic E-state index is -3.87. The molecule has 0 N–H and O–H groups in total. The zero-order chi connectivity index (χ0) is 19.5. The number of hydrogen-bond acceptors (Lipinski definition) is 6. The van der Waals surface area contributed by atoms with E-state index in [2.05, 4.69) is 4.98 Å². The molecule has 0 aromatic carbocycles. The van der Waals surface area contributed by atoms with Crippen LogP contribution < -0.4 is 4.90 Å². The fraction of sp³-hybridized carbons (Fsp3) is 0.625. The first-order valence-corrected chi connectivity index (χ1v) is 9.59. The smallest absolute Gasteiger partial charge is 0.286 e. The van der Waals surface area contributed by atoms with Gasteiger partial charge in [0.15, 0.2) is 0 Å². The Balaban J connectivity index is 3.05. The minimum absolute atomic E-state index is 0.124. The zero-order valence-electron chi connectivity index (χ0n) is 15.7. The number of carbonyl (C=O) groups excluding carboxylic acids is 1. The normalized spacial score (nSPS) is 13.0. The van der Waals surface area contributed by atoms with Gasteiger partial charge in [-0.1, -0.05) is 6.07 Å². The van der Waals surface area contributed by atoms with Crippen LogP contribution in [0.2, 0.25) is 0 Å². The molecule has 0 atom stereocenters. The molecule has 0 unspecified atom stereocenters. The zero-order valence-corrected chi connectivity index (χ0v) is 17.4. The van der Waals surface area contributed by atoms with Crippen molar-refractivity contribution < 1.29 is 22.9 Å². The van der Waals surface area contributed by atoms with Gasteiger partial charge in [-0.15, -0.1) is 0 Å². The van der Waals surface area contributed by atoms with Gasteiger partial charge in [0.1, 0.15) is 5.82 Å². The molecule has 1 amide bonds. The number of halogens is 1. The molecule has 0 radical (unpaired) electrons. The number of phosphoric ester groups is 1. The predicted octanol–water partition coefficient (Wildman–Crippen LogP) is 5.13. The molecule has 25 heavy (non-hydrogen) atoms. The van der Waals surface area contributed by atoms with Gasteiger partial charge in [0.05, 0.1) is 17.8 Å². The Morgan fingerprint density at radius 2 is 1.72 bits per heavy atom. The SMILES string of the molecule is CN(C(=O)Cl)c1ncccc1COP(=O)(OC(C)(C)C)OC(C)(C)C. The third-order valence-electron chi connectivity index (χ3n) is 2.60. The average Bonchev–Trinajstić information content (AvgIpc) is 2.40. The Morgan fingerprint density at radius 3 is 2.16 bits per heavy atom. The van der Waals surface area contributed by atoms with Crippen molar-refractivity contribution in [3.8, 4) is 0 Å². The highest BCUT2D eigenvalue weighted by Crippen LogP contribution is 2.56. The molecule has 0 spiro atoms. The summed E-state index contributed by atoms with van der Waals surface area (Å²) < 4.78 is 29.7. The molecular formula is C16H26ClN2O5P. The molecular weight excluding hydrogens is 367 g/mol. The predicted molar refractivity (Wildman–Crippen MR) is 98.0 cm³/mol. The number of hydrogen-bond donors (Lipinski definition) is 0. The molecule has 0 aliphatic heterocycles. The number of aromatic nitrogens is 1. The summed E-state index contributed by atoms with van der Waals surface area (Å²) in [6.07, 6.45) is 1.52. The second-order valence-electron chi connectivity index (χ2n) is 7.43. The number of anilines is 1. The molecule has 0 saturated carbocycles. The monoisotopic (exact) mass is 392 g/mol. The first kappa shape index (κ1) is 22.1. The number of amides is 1. The second-order valence-corrected chi connectivity index (χ2v) is 9.27. The Kier molecular flexibility index (Phi) is 7.19. The highest BCUT2D eigenvalue weighted by atomic mass is 35.5. The molecule has 0 fully saturated rings. The fourth-order valence-electron chi connectivity index (χ4n) is 1.82. The van der Waals surface area contributed by atoms with Crippen molar-refractivity contribution in [2.75, 3.05) is 11.9 Å². The van der Waals surface area contributed by atoms with Gasteiger partial charge >= 0.3 is 13.2 Å². The number of carbonyl (C=O) groups is 1. The van der Waals surface area contributed by atoms with Gasteiger partial charge in [-0.25, -0.2) is 9.55 Å². The molecule has 0 aliphatic rings. The second kappa shape index (κ2) is 8.14. The van der Waals surface area contributed by atoms with Crippen LogP contribution in [-0.4, -0.2) is 28.6 Å². The van der Waals surface area contributed by atoms with E-state index in [0.29, 0.717) is 11.4 Å². The number of pyridine rings is 1. The fourth-order valence-corrected chi connectivity index (χ4v) is 3.68. The van der Waals surface area contributed by atoms with Gasteiger partial charge in [0, 0.05) is 18.8 Å². The number of rotatable bonds is 6. The molecule has 0 saturated heterocycles. The van der Waals surface area contributed by atoms with Crippen LogP contribution in [0.25, 0.3) is 0 Å². The van der Waals surface area contributed by atoms with Crippen LogP contribution >= 0.6 is 19.4 Å². The lowest BCUT2D eigenvalue weighted by Gasteiger charge is -2.31. The maximum Gasteiger partial charge on any atom is 0.476 e. The van der Waals surface area contributed by atoms with Crippen LogP contribution in [0.5, 0.6) is 0 Å². The standard InChI is InChI=1S/C16H26ClN2O5P/c1-15(2,3)23-25(21,24-16(4,5)6)22-11-12-9-8-10-18-13(12)19(7)14(17)20/h8-10H,11H2,1-7H3. The minimum Gasteiger partial charge on any atom is -0.286 e. The summed E-state index contributed by atoms with van der Waals surface area (Å²) in [5, 5.41) is -0.694. The lowest BCUT2D eigenvalue weighted by Crippen LogP contribution is -2.25. The summed E-state index contributed by atoms with van der Waals surface area (Å²) in [4.78, 5) is 16.7. The molecule has 1 aromatic rings. The van der Waals surface area contributed by atoms with E-state index >= 15 is 0 Å². The summed E-state index contributed by atoms with van der Waals surface area (Å²) in [5.74, 6) is 0.306. The van der Waals surface area contributed by atoms with Crippen LogP contribution in [0.15, 0.2) is 18.3 Å². The molecule has 0 aliphatic carbocycles. The number of phosphoric acid groups is 1. The molecule has 1 rings (SSSR count). The van der Waals surface area contributed by atoms with E-state index in [1.54, 1.807) is 53.7 Å². The third kappa shape index (κ3) is 7.84. The largest absolute Gasteiger partial charge is 0.476 e. The summed E-state index contributed by atoms with van der Waals surface area (Å²) in [6, 6.07) is 3.37. The average molecular weight is 393 g/mol. The van der Waals surface area contributed by atoms with E-state index in [9.17, 15) is 9.36 Å². The van der Waals surface area contributed by atoms with Crippen molar-refractivity contribution in [3.05, 3.63) is 23.9 Å². The maximum absolute atomic E-state index is 13.0. The summed E-state index contributed by atoms with van der Waals surface area (Å²) in [7, 11) is -2.38. The van der Waals surface area contributed by atoms with Crippen LogP contribution in [0.3, 0.4) is 0 Å². The van der Waals surface area contributed by atoms with Crippen LogP contribution in [0.4, 0.5) is 10.6 Å². The van der Waals surface area contributed by atoms with Crippen LogP contribution in [-0.2, 0) is 24.7 Å². The van der Waals surface area contributed by atoms with Gasteiger partial charge in [-0.3, -0.25) is 23.3 Å². The molecule has 7 nitrogen and oxygen atoms in total. The Hall–Kier alpha value is -0.980. The van der Waals surface area contributed by atoms with E-state index in [0.717, 1.165) is 0 Å². The van der Waals surface area contributed by atoms with Crippen molar-refractivity contribution in [2.45, 2.75) is 59.4 Å². The van der Waals surface area contributed by atoms with E-state index in [1.165, 1.54) is 18.1 Å². The van der Waals surface area contributed by atoms with Gasteiger partial charge in [0.2, 0.25) is 0 Å². The highest BCUT2D eigenvalue weighted by molar-refractivity contribution is 7.48. The topological polar surface area (TPSA) is 78.0 Å². The Labute approximate surface area is 154 Å². The summed E-state index contributed by atoms with van der Waals surface area (Å²) >= 11 is 5.50. The van der Waals surface area contributed by atoms with E-state index in [-0.39, 0.29) is 6.61 Å². The van der Waals surface area contributed by atoms with E-state index < -0.39 is 24.4 Å². The van der Waals surface area contributed by atoms with Crippen molar-refractivity contribution in [2.24, 2.45) is 0 Å². The molecule has 142 valence electrons. The van der Waals surface area contributed by atoms with Crippen molar-refractivity contribution in [3.63, 3.8) is 0 Å². The van der Waals surface area contributed by atoms with Crippen molar-refractivity contribution in [1.82, 2.24) is 4.98 Å². The highest BCUT2D eigenvalue weighted by Gasteiger charge is 2.37. The molecule has 0 bridgehead atoms. The first-order chi connectivity index (χ1) is 11.2. The van der Waals surface area contributed by atoms with E-state index in [1.807, 2.05) is 0 Å². The van der Waals surface area contributed by atoms with Gasteiger partial charge in [-0.2, -0.15) is 0 Å². The molecule has 1 aromatic heterocycles. The Morgan fingerprint density at radius 1 is 1.20 bits per heavy atom. The van der Waals surface area contributed by atoms with Crippen LogP contribution in [0, 0.1) is 0 Å². The summed E-state index contributed by atoms with van der Waals surface area (Å²) in [5.41, 5.74) is -0.947. The summed E-state index contributed by atoms with van der Waals surface area (Å²) in [6.45, 7) is 10.4. The van der Waals surface area contributed by atoms with Crippen molar-refractivity contribution >= 4 is 30.6 Å². The molecule has 9 heteroatoms. The first-order valence-electron chi connectivity index (χ1n) is 7.76. The molecule has 1 heterocycles.